The van der Waals surface area contributed by atoms with Crippen LogP contribution in [0.25, 0.3) is 0 Å². The third-order valence-corrected chi connectivity index (χ3v) is 7.33. The van der Waals surface area contributed by atoms with Crippen molar-refractivity contribution in [3.63, 3.8) is 0 Å². The number of benzene rings is 3. The first-order valence-corrected chi connectivity index (χ1v) is 13.8. The minimum atomic E-state index is -4.73. The minimum absolute atomic E-state index is 0.128. The number of nitrogens with zero attached hydrogens (tertiary/aromatic N) is 4. The van der Waals surface area contributed by atoms with E-state index in [9.17, 15) is 21.6 Å². The first-order chi connectivity index (χ1) is 17.9. The van der Waals surface area contributed by atoms with Gasteiger partial charge >= 0.3 is 231 Å². The first-order valence-electron chi connectivity index (χ1n) is 11.1. The molecular weight excluding hydrogens is 606 g/mol. The second-order valence-corrected chi connectivity index (χ2v) is 11.1. The molecule has 1 unspecified atom stereocenters. The van der Waals surface area contributed by atoms with Gasteiger partial charge in [-0.2, -0.15) is 0 Å². The van der Waals surface area contributed by atoms with Crippen LogP contribution in [-0.2, 0) is 16.2 Å². The Morgan fingerprint density at radius 1 is 1.05 bits per heavy atom. The quantitative estimate of drug-likeness (QED) is 0.256. The van der Waals surface area contributed by atoms with Gasteiger partial charge in [0, 0.05) is 0 Å². The molecule has 3 aromatic rings. The molecule has 1 aliphatic rings. The molecule has 0 saturated heterocycles. The molecule has 1 atom stereocenters. The van der Waals surface area contributed by atoms with E-state index < -0.39 is 32.6 Å². The third-order valence-electron chi connectivity index (χ3n) is 5.63. The van der Waals surface area contributed by atoms with Crippen molar-refractivity contribution in [3.05, 3.63) is 101 Å². The van der Waals surface area contributed by atoms with Crippen LogP contribution in [0.2, 0.25) is 5.02 Å². The molecule has 38 heavy (non-hydrogen) atoms. The Labute approximate surface area is 230 Å². The number of hydrazone groups is 1. The molecule has 2 N–H and O–H groups in total. The second kappa shape index (κ2) is 11.3. The summed E-state index contributed by atoms with van der Waals surface area (Å²) in [4.78, 5) is 3.37. The molecule has 197 valence electrons. The Kier molecular flexibility index (Phi) is 8.27. The van der Waals surface area contributed by atoms with Crippen LogP contribution in [-0.4, -0.2) is 52.4 Å². The van der Waals surface area contributed by atoms with E-state index >= 15 is 0 Å². The van der Waals surface area contributed by atoms with E-state index in [1.54, 1.807) is 24.3 Å². The fourth-order valence-electron chi connectivity index (χ4n) is 3.89. The van der Waals surface area contributed by atoms with Crippen molar-refractivity contribution >= 4 is 54.0 Å². The van der Waals surface area contributed by atoms with Crippen LogP contribution in [0.15, 0.2) is 98.2 Å². The summed E-state index contributed by atoms with van der Waals surface area (Å²) in [6.07, 6.45) is -4.22. The van der Waals surface area contributed by atoms with Crippen LogP contribution in [0.3, 0.4) is 0 Å². The molecule has 7 nitrogen and oxygen atoms in total. The standard InChI is InChI=1S/C25H20ClF3N5O2SSe/c26-19-11-9-17(10-12-19)22-21(16-5-2-1-3-6-16)13-14-34(32-22)24(31-23(30)38)33-37(35,36)20-8-4-7-18(15-20)25(27,28)29/h1-12,15,21H,13-14H2,(H2,30,31,33). The molecule has 0 amide bonds. The molecule has 1 heterocycles. The summed E-state index contributed by atoms with van der Waals surface area (Å²) in [5, 5.41) is 6.49. The Balaban J connectivity index is 1.81. The number of aliphatic imine (C=N–C) groups is 1. The first kappa shape index (κ1) is 27.8. The monoisotopic (exact) mass is 626 g/mol. The van der Waals surface area contributed by atoms with Crippen LogP contribution < -0.4 is 5.73 Å². The molecule has 13 heteroatoms. The Bertz CT molecular complexity index is 1510. The van der Waals surface area contributed by atoms with Gasteiger partial charge < -0.3 is 0 Å². The van der Waals surface area contributed by atoms with Crippen LogP contribution in [0.5, 0.6) is 0 Å². The maximum atomic E-state index is 13.2. The van der Waals surface area contributed by atoms with Crippen LogP contribution in [0.1, 0.15) is 29.0 Å². The van der Waals surface area contributed by atoms with E-state index in [0.717, 1.165) is 29.3 Å². The van der Waals surface area contributed by atoms with Crippen molar-refractivity contribution in [1.29, 1.82) is 0 Å². The molecule has 0 spiro atoms. The van der Waals surface area contributed by atoms with Gasteiger partial charge in [-0.05, 0) is 0 Å². The number of rotatable bonds is 4. The van der Waals surface area contributed by atoms with E-state index in [1.807, 2.05) is 30.3 Å². The summed E-state index contributed by atoms with van der Waals surface area (Å²) in [7, 11) is -4.61. The van der Waals surface area contributed by atoms with E-state index in [2.05, 4.69) is 30.5 Å². The second-order valence-electron chi connectivity index (χ2n) is 8.21. The normalized spacial score (nSPS) is 17.3. The maximum absolute atomic E-state index is 13.2. The number of sulfonamides is 1. The molecule has 0 fully saturated rings. The molecule has 0 bridgehead atoms. The van der Waals surface area contributed by atoms with Gasteiger partial charge in [0.1, 0.15) is 0 Å². The number of alkyl halides is 3. The van der Waals surface area contributed by atoms with E-state index in [1.165, 1.54) is 5.01 Å². The summed E-state index contributed by atoms with van der Waals surface area (Å²) >= 11 is 8.53. The van der Waals surface area contributed by atoms with E-state index in [4.69, 9.17) is 17.3 Å². The summed E-state index contributed by atoms with van der Waals surface area (Å²) in [5.41, 5.74) is 6.94. The summed E-state index contributed by atoms with van der Waals surface area (Å²) in [6.45, 7) is 0.213. The van der Waals surface area contributed by atoms with Crippen molar-refractivity contribution < 1.29 is 21.6 Å². The average molecular weight is 626 g/mol. The van der Waals surface area contributed by atoms with Gasteiger partial charge in [0.25, 0.3) is 0 Å². The fourth-order valence-corrected chi connectivity index (χ4v) is 5.17. The van der Waals surface area contributed by atoms with Gasteiger partial charge in [-0.3, -0.25) is 0 Å². The van der Waals surface area contributed by atoms with Crippen LogP contribution in [0, 0.1) is 0 Å². The average Bonchev–Trinajstić information content (AvgIpc) is 2.88. The third kappa shape index (κ3) is 6.63. The molecule has 3 aromatic carbocycles. The number of hydrogen-bond donors (Lipinski definition) is 1. The van der Waals surface area contributed by atoms with Gasteiger partial charge in [0.05, 0.1) is 0 Å². The summed E-state index contributed by atoms with van der Waals surface area (Å²) in [6, 6.07) is 20.0. The van der Waals surface area contributed by atoms with Gasteiger partial charge in [0.2, 0.25) is 0 Å². The van der Waals surface area contributed by atoms with Crippen molar-refractivity contribution in [3.8, 4) is 0 Å². The van der Waals surface area contributed by atoms with Crippen LogP contribution in [0.4, 0.5) is 13.2 Å². The molecule has 0 aromatic heterocycles. The zero-order valence-corrected chi connectivity index (χ0v) is 22.8. The zero-order chi connectivity index (χ0) is 27.5. The SMILES string of the molecule is NC([Se])=NC(=NS(=O)(=O)c1cccc(C(F)(F)F)c1)N1CCC(c2ccccc2)C(c2ccc(Cl)cc2)=N1. The Morgan fingerprint density at radius 2 is 1.74 bits per heavy atom. The fraction of sp³-hybridized carbons (Fsp3) is 0.160. The molecule has 0 aliphatic carbocycles. The molecule has 1 radical (unpaired) electrons. The molecule has 1 aliphatic heterocycles. The van der Waals surface area contributed by atoms with Crippen molar-refractivity contribution in [2.24, 2.45) is 20.2 Å². The molecule has 4 rings (SSSR count). The van der Waals surface area contributed by atoms with Gasteiger partial charge in [-0.25, -0.2) is 0 Å². The van der Waals surface area contributed by atoms with Crippen molar-refractivity contribution in [1.82, 2.24) is 5.01 Å². The van der Waals surface area contributed by atoms with Crippen molar-refractivity contribution in [2.75, 3.05) is 6.54 Å². The van der Waals surface area contributed by atoms with E-state index in [-0.39, 0.29) is 17.2 Å². The van der Waals surface area contributed by atoms with E-state index in [0.29, 0.717) is 23.2 Å². The Morgan fingerprint density at radius 3 is 2.37 bits per heavy atom. The van der Waals surface area contributed by atoms with Gasteiger partial charge in [0.15, 0.2) is 0 Å². The molecule has 0 saturated carbocycles. The Hall–Kier alpha value is -3.18. The number of hydrogen-bond acceptors (Lipinski definition) is 3. The predicted octanol–water partition coefficient (Wildman–Crippen LogP) is 4.78. The number of nitrogens with two attached hydrogens (primary N) is 1. The number of guanidine groups is 1. The topological polar surface area (TPSA) is 100 Å². The van der Waals surface area contributed by atoms with Crippen molar-refractivity contribution in [2.45, 2.75) is 23.4 Å². The number of amidine groups is 1. The zero-order valence-electron chi connectivity index (χ0n) is 19.5. The summed E-state index contributed by atoms with van der Waals surface area (Å²) in [5.74, 6) is -0.527. The van der Waals surface area contributed by atoms with Gasteiger partial charge in [-0.1, -0.05) is 0 Å². The summed E-state index contributed by atoms with van der Waals surface area (Å²) < 4.78 is 69.3. The van der Waals surface area contributed by atoms with Crippen LogP contribution >= 0.6 is 11.6 Å². The van der Waals surface area contributed by atoms with Gasteiger partial charge in [-0.15, -0.1) is 0 Å². The number of halogens is 4. The predicted molar refractivity (Wildman–Crippen MR) is 142 cm³/mol. The molecular formula is C25H20ClF3N5O2SSe.